The van der Waals surface area contributed by atoms with Crippen molar-refractivity contribution in [1.82, 2.24) is 0 Å². The molecule has 3 rings (SSSR count). The van der Waals surface area contributed by atoms with Crippen LogP contribution in [0.1, 0.15) is 143 Å². The van der Waals surface area contributed by atoms with Gasteiger partial charge in [-0.2, -0.15) is 0 Å². The van der Waals surface area contributed by atoms with Gasteiger partial charge in [-0.3, -0.25) is 9.59 Å². The fourth-order valence-corrected chi connectivity index (χ4v) is 6.46. The van der Waals surface area contributed by atoms with Crippen molar-refractivity contribution in [3.05, 3.63) is 57.6 Å². The van der Waals surface area contributed by atoms with Gasteiger partial charge in [-0.05, 0) is 73.3 Å². The van der Waals surface area contributed by atoms with E-state index in [0.717, 1.165) is 33.4 Å². The number of Topliss-reactive ketones (excluding diaryl/α,β-unsaturated/α-hetero) is 2. The maximum Gasteiger partial charge on any atom is 0.147 e. The molecule has 0 radical (unpaired) electrons. The average molecular weight is 577 g/mol. The van der Waals surface area contributed by atoms with E-state index in [1.807, 2.05) is 38.1 Å². The first-order valence-corrected chi connectivity index (χ1v) is 15.5. The Kier molecular flexibility index (Phi) is 8.49. The monoisotopic (exact) mass is 576 g/mol. The molecule has 42 heavy (non-hydrogen) atoms. The Bertz CT molecular complexity index is 1200. The van der Waals surface area contributed by atoms with Gasteiger partial charge in [-0.25, -0.2) is 0 Å². The Morgan fingerprint density at radius 1 is 0.548 bits per heavy atom. The van der Waals surface area contributed by atoms with Crippen LogP contribution in [0.4, 0.5) is 0 Å². The first kappa shape index (κ1) is 33.9. The second-order valence-corrected chi connectivity index (χ2v) is 17.9. The molecule has 0 aromatic heterocycles. The molecule has 2 N–H and O–H groups in total. The molecule has 0 amide bonds. The van der Waals surface area contributed by atoms with Gasteiger partial charge in [-0.15, -0.1) is 0 Å². The summed E-state index contributed by atoms with van der Waals surface area (Å²) in [6, 6.07) is 8.02. The van der Waals surface area contributed by atoms with E-state index in [1.54, 1.807) is 0 Å². The Hall–Kier alpha value is -2.62. The molecule has 0 saturated heterocycles. The number of hydrogen-bond donors (Lipinski definition) is 2. The molecule has 0 bridgehead atoms. The summed E-state index contributed by atoms with van der Waals surface area (Å²) >= 11 is 0. The van der Waals surface area contributed by atoms with E-state index in [2.05, 4.69) is 83.1 Å². The van der Waals surface area contributed by atoms with Crippen LogP contribution in [0, 0.1) is 10.8 Å². The Morgan fingerprint density at radius 2 is 0.786 bits per heavy atom. The minimum atomic E-state index is -1.22. The van der Waals surface area contributed by atoms with Crippen LogP contribution >= 0.6 is 0 Å². The quantitative estimate of drug-likeness (QED) is 0.356. The predicted octanol–water partition coefficient (Wildman–Crippen LogP) is 9.02. The third-order valence-corrected chi connectivity index (χ3v) is 8.93. The summed E-state index contributed by atoms with van der Waals surface area (Å²) in [5, 5.41) is 22.7. The van der Waals surface area contributed by atoms with Crippen LogP contribution in [0.15, 0.2) is 24.3 Å². The van der Waals surface area contributed by atoms with Crippen LogP contribution < -0.4 is 0 Å². The van der Waals surface area contributed by atoms with Gasteiger partial charge in [0.15, 0.2) is 0 Å². The topological polar surface area (TPSA) is 74.6 Å². The third-order valence-electron chi connectivity index (χ3n) is 8.93. The summed E-state index contributed by atoms with van der Waals surface area (Å²) in [6.45, 7) is 28.9. The lowest BCUT2D eigenvalue weighted by molar-refractivity contribution is -0.148. The Morgan fingerprint density at radius 3 is 1.00 bits per heavy atom. The zero-order valence-electron chi connectivity index (χ0n) is 28.8. The SMILES string of the molecule is CC1(C)CC(=O)C(Cc2cc(C(C)(C)C)c(O)c(C(C)(C)C)c2)(Cc2cc(C(C)(C)C)c(O)c(C(C)(C)C)c2)C(=O)C1. The highest BCUT2D eigenvalue weighted by Crippen LogP contribution is 2.48. The van der Waals surface area contributed by atoms with Gasteiger partial charge in [0.05, 0.1) is 5.41 Å². The molecule has 232 valence electrons. The minimum Gasteiger partial charge on any atom is -0.507 e. The third kappa shape index (κ3) is 6.79. The van der Waals surface area contributed by atoms with Gasteiger partial charge in [-0.1, -0.05) is 121 Å². The molecule has 4 nitrogen and oxygen atoms in total. The molecule has 1 saturated carbocycles. The summed E-state index contributed by atoms with van der Waals surface area (Å²) in [5.41, 5.74) is 2.19. The van der Waals surface area contributed by atoms with E-state index >= 15 is 0 Å². The fraction of sp³-hybridized carbons (Fsp3) is 0.632. The first-order chi connectivity index (χ1) is 18.7. The second-order valence-electron chi connectivity index (χ2n) is 17.9. The molecule has 2 aromatic carbocycles. The number of phenolic OH excluding ortho intramolecular Hbond substituents is 2. The maximum absolute atomic E-state index is 14.3. The summed E-state index contributed by atoms with van der Waals surface area (Å²) in [4.78, 5) is 28.6. The van der Waals surface area contributed by atoms with Crippen molar-refractivity contribution in [2.45, 2.75) is 144 Å². The average Bonchev–Trinajstić information content (AvgIpc) is 2.75. The number of carbonyl (C=O) groups is 2. The Balaban J connectivity index is 2.32. The van der Waals surface area contributed by atoms with Gasteiger partial charge in [0, 0.05) is 12.8 Å². The number of carbonyl (C=O) groups excluding carboxylic acids is 2. The molecule has 0 heterocycles. The molecular weight excluding hydrogens is 520 g/mol. The summed E-state index contributed by atoms with van der Waals surface area (Å²) in [7, 11) is 0. The van der Waals surface area contributed by atoms with Crippen LogP contribution in [0.25, 0.3) is 0 Å². The second kappa shape index (κ2) is 10.5. The molecule has 4 heteroatoms. The predicted molar refractivity (Wildman–Crippen MR) is 174 cm³/mol. The Labute approximate surface area is 255 Å². The number of benzene rings is 2. The first-order valence-electron chi connectivity index (χ1n) is 15.5. The van der Waals surface area contributed by atoms with Crippen molar-refractivity contribution in [2.75, 3.05) is 0 Å². The molecule has 0 aliphatic heterocycles. The molecular formula is C38H56O4. The van der Waals surface area contributed by atoms with Gasteiger partial charge in [0.25, 0.3) is 0 Å². The van der Waals surface area contributed by atoms with E-state index in [4.69, 9.17) is 0 Å². The van der Waals surface area contributed by atoms with Crippen LogP contribution in [0.2, 0.25) is 0 Å². The maximum atomic E-state index is 14.3. The highest BCUT2D eigenvalue weighted by molar-refractivity contribution is 6.10. The van der Waals surface area contributed by atoms with E-state index in [0.29, 0.717) is 24.3 Å². The number of ketones is 2. The highest BCUT2D eigenvalue weighted by atomic mass is 16.3. The summed E-state index contributed by atoms with van der Waals surface area (Å²) in [6.07, 6.45) is 1.24. The lowest BCUT2D eigenvalue weighted by Gasteiger charge is -2.42. The van der Waals surface area contributed by atoms with Gasteiger partial charge >= 0.3 is 0 Å². The van der Waals surface area contributed by atoms with Crippen LogP contribution in [0.3, 0.4) is 0 Å². The number of phenols is 2. The fourth-order valence-electron chi connectivity index (χ4n) is 6.46. The number of hydrogen-bond acceptors (Lipinski definition) is 4. The number of rotatable bonds is 4. The van der Waals surface area contributed by atoms with Gasteiger partial charge in [0.2, 0.25) is 0 Å². The standard InChI is InChI=1S/C38H56O4/c1-33(2,3)25-15-23(16-26(31(25)41)34(4,5)6)19-38(29(39)21-37(13,14)22-30(38)40)20-24-17-27(35(7,8)9)32(42)28(18-24)36(10,11)12/h15-18,41-42H,19-22H2,1-14H3. The van der Waals surface area contributed by atoms with Crippen LogP contribution in [0.5, 0.6) is 11.5 Å². The van der Waals surface area contributed by atoms with Gasteiger partial charge in [0.1, 0.15) is 23.1 Å². The van der Waals surface area contributed by atoms with E-state index in [-0.39, 0.29) is 51.5 Å². The van der Waals surface area contributed by atoms with Crippen molar-refractivity contribution in [3.63, 3.8) is 0 Å². The number of aromatic hydroxyl groups is 2. The summed E-state index contributed by atoms with van der Waals surface area (Å²) in [5.74, 6) is 0.542. The lowest BCUT2D eigenvalue weighted by atomic mass is 9.59. The zero-order valence-corrected chi connectivity index (χ0v) is 28.8. The van der Waals surface area contributed by atoms with Crippen molar-refractivity contribution in [2.24, 2.45) is 10.8 Å². The van der Waals surface area contributed by atoms with E-state index in [9.17, 15) is 19.8 Å². The zero-order chi connectivity index (χ0) is 32.4. The van der Waals surface area contributed by atoms with Crippen molar-refractivity contribution in [1.29, 1.82) is 0 Å². The van der Waals surface area contributed by atoms with Crippen LogP contribution in [-0.2, 0) is 44.1 Å². The molecule has 1 aliphatic carbocycles. The molecule has 0 spiro atoms. The smallest absolute Gasteiger partial charge is 0.147 e. The van der Waals surface area contributed by atoms with Crippen molar-refractivity contribution >= 4 is 11.6 Å². The van der Waals surface area contributed by atoms with E-state index < -0.39 is 5.41 Å². The molecule has 1 aliphatic rings. The normalized spacial score (nSPS) is 18.0. The van der Waals surface area contributed by atoms with Gasteiger partial charge < -0.3 is 10.2 Å². The molecule has 2 aromatic rings. The lowest BCUT2D eigenvalue weighted by Crippen LogP contribution is -2.50. The van der Waals surface area contributed by atoms with E-state index in [1.165, 1.54) is 0 Å². The largest absolute Gasteiger partial charge is 0.507 e. The summed E-state index contributed by atoms with van der Waals surface area (Å²) < 4.78 is 0. The molecule has 0 unspecified atom stereocenters. The molecule has 1 fully saturated rings. The van der Waals surface area contributed by atoms with Crippen molar-refractivity contribution in [3.8, 4) is 11.5 Å². The van der Waals surface area contributed by atoms with Crippen molar-refractivity contribution < 1.29 is 19.8 Å². The van der Waals surface area contributed by atoms with Crippen LogP contribution in [-0.4, -0.2) is 21.8 Å². The molecule has 0 atom stereocenters. The minimum absolute atomic E-state index is 0.0193. The highest BCUT2D eigenvalue weighted by Gasteiger charge is 2.52.